The molecule has 0 unspecified atom stereocenters. The molecule has 0 N–H and O–H groups in total. The van der Waals surface area contributed by atoms with Crippen molar-refractivity contribution in [3.8, 4) is 0 Å². The third-order valence-corrected chi connectivity index (χ3v) is 2.63. The molecule has 2 aromatic rings. The summed E-state index contributed by atoms with van der Waals surface area (Å²) in [7, 11) is 4.04. The van der Waals surface area contributed by atoms with Crippen LogP contribution in [0.4, 0.5) is 17.1 Å². The number of pyridine rings is 1. The Morgan fingerprint density at radius 1 is 1.00 bits per heavy atom. The van der Waals surface area contributed by atoms with Gasteiger partial charge in [0.1, 0.15) is 0 Å². The molecule has 2 rings (SSSR count). The molecule has 0 atom stereocenters. The fourth-order valence-electron chi connectivity index (χ4n) is 1.55. The van der Waals surface area contributed by atoms with E-state index in [0.717, 1.165) is 22.6 Å². The number of benzene rings is 1. The van der Waals surface area contributed by atoms with Gasteiger partial charge >= 0.3 is 0 Å². The van der Waals surface area contributed by atoms with Crippen LogP contribution in [-0.4, -0.2) is 19.1 Å². The van der Waals surface area contributed by atoms with Crippen LogP contribution in [-0.2, 0) is 0 Å². The molecule has 0 saturated carbocycles. The summed E-state index contributed by atoms with van der Waals surface area (Å²) >= 11 is 0. The zero-order valence-electron chi connectivity index (χ0n) is 10.8. The van der Waals surface area contributed by atoms with Crippen molar-refractivity contribution in [3.05, 3.63) is 48.3 Å². The lowest BCUT2D eigenvalue weighted by Crippen LogP contribution is -2.08. The minimum atomic E-state index is 0.807. The van der Waals surface area contributed by atoms with E-state index in [1.807, 2.05) is 45.3 Å². The average Bonchev–Trinajstić information content (AvgIpc) is 2.38. The van der Waals surface area contributed by atoms with Gasteiger partial charge in [-0.05, 0) is 42.8 Å². The summed E-state index contributed by atoms with van der Waals surface area (Å²) in [6, 6.07) is 9.77. The summed E-state index contributed by atoms with van der Waals surface area (Å²) < 4.78 is 0. The molecule has 18 heavy (non-hydrogen) atoms. The highest BCUT2D eigenvalue weighted by Gasteiger charge is 2.00. The van der Waals surface area contributed by atoms with Crippen LogP contribution in [0.25, 0.3) is 0 Å². The van der Waals surface area contributed by atoms with Crippen LogP contribution in [0.3, 0.4) is 0 Å². The van der Waals surface area contributed by atoms with Gasteiger partial charge in [0.15, 0.2) is 0 Å². The van der Waals surface area contributed by atoms with Gasteiger partial charge in [0.2, 0.25) is 0 Å². The second kappa shape index (κ2) is 5.40. The molecule has 1 aromatic heterocycles. The van der Waals surface area contributed by atoms with Gasteiger partial charge in [0, 0.05) is 32.2 Å². The van der Waals surface area contributed by atoms with E-state index in [4.69, 9.17) is 0 Å². The molecule has 0 fully saturated rings. The number of anilines is 1. The van der Waals surface area contributed by atoms with E-state index in [1.54, 1.807) is 12.4 Å². The van der Waals surface area contributed by atoms with Crippen LogP contribution in [0.2, 0.25) is 0 Å². The maximum Gasteiger partial charge on any atom is 0.0887 e. The minimum absolute atomic E-state index is 0.807. The smallest absolute Gasteiger partial charge is 0.0887 e. The van der Waals surface area contributed by atoms with E-state index >= 15 is 0 Å². The first-order valence-corrected chi connectivity index (χ1v) is 5.76. The lowest BCUT2D eigenvalue weighted by molar-refractivity contribution is 1.12. The Balaban J connectivity index is 2.22. The molecular formula is C14H16N4. The topological polar surface area (TPSA) is 40.9 Å². The molecule has 0 aliphatic heterocycles. The van der Waals surface area contributed by atoms with Crippen molar-refractivity contribution < 1.29 is 0 Å². The van der Waals surface area contributed by atoms with Crippen molar-refractivity contribution in [2.24, 2.45) is 10.2 Å². The second-order valence-corrected chi connectivity index (χ2v) is 4.27. The van der Waals surface area contributed by atoms with E-state index in [-0.39, 0.29) is 0 Å². The van der Waals surface area contributed by atoms with Gasteiger partial charge in [-0.3, -0.25) is 4.98 Å². The van der Waals surface area contributed by atoms with Gasteiger partial charge < -0.3 is 4.90 Å². The number of hydrogen-bond acceptors (Lipinski definition) is 4. The highest BCUT2D eigenvalue weighted by atomic mass is 15.1. The Hall–Kier alpha value is -2.23. The van der Waals surface area contributed by atoms with Crippen molar-refractivity contribution in [3.63, 3.8) is 0 Å². The average molecular weight is 240 g/mol. The van der Waals surface area contributed by atoms with Crippen molar-refractivity contribution in [2.75, 3.05) is 19.0 Å². The molecule has 4 heteroatoms. The molecular weight excluding hydrogens is 224 g/mol. The van der Waals surface area contributed by atoms with Crippen molar-refractivity contribution in [1.29, 1.82) is 0 Å². The van der Waals surface area contributed by atoms with Crippen LogP contribution in [0, 0.1) is 6.92 Å². The molecule has 0 radical (unpaired) electrons. The van der Waals surface area contributed by atoms with Gasteiger partial charge in [-0.25, -0.2) is 0 Å². The molecule has 0 aliphatic carbocycles. The highest BCUT2D eigenvalue weighted by Crippen LogP contribution is 2.25. The predicted octanol–water partition coefficient (Wildman–Crippen LogP) is 3.87. The number of rotatable bonds is 3. The molecule has 0 amide bonds. The summed E-state index contributed by atoms with van der Waals surface area (Å²) in [6.45, 7) is 2.04. The van der Waals surface area contributed by atoms with Gasteiger partial charge in [-0.1, -0.05) is 0 Å². The van der Waals surface area contributed by atoms with E-state index in [2.05, 4.69) is 26.2 Å². The third kappa shape index (κ3) is 2.91. The number of nitrogens with zero attached hydrogens (tertiary/aromatic N) is 4. The summed E-state index contributed by atoms with van der Waals surface area (Å²) in [5.41, 5.74) is 3.97. The number of azo groups is 1. The number of aryl methyl sites for hydroxylation is 1. The predicted molar refractivity (Wildman–Crippen MR) is 73.9 cm³/mol. The quantitative estimate of drug-likeness (QED) is 0.764. The van der Waals surface area contributed by atoms with Crippen LogP contribution >= 0.6 is 0 Å². The van der Waals surface area contributed by atoms with Crippen LogP contribution in [0.5, 0.6) is 0 Å². The third-order valence-electron chi connectivity index (χ3n) is 2.63. The second-order valence-electron chi connectivity index (χ2n) is 4.27. The fraction of sp³-hybridized carbons (Fsp3) is 0.214. The molecule has 92 valence electrons. The zero-order valence-corrected chi connectivity index (χ0v) is 10.8. The normalized spacial score (nSPS) is 10.8. The largest absolute Gasteiger partial charge is 0.378 e. The van der Waals surface area contributed by atoms with Crippen molar-refractivity contribution >= 4 is 17.1 Å². The zero-order chi connectivity index (χ0) is 13.0. The van der Waals surface area contributed by atoms with Crippen molar-refractivity contribution in [2.45, 2.75) is 6.92 Å². The highest BCUT2D eigenvalue weighted by molar-refractivity contribution is 5.57. The molecule has 0 spiro atoms. The first-order valence-electron chi connectivity index (χ1n) is 5.76. The van der Waals surface area contributed by atoms with E-state index < -0.39 is 0 Å². The van der Waals surface area contributed by atoms with Gasteiger partial charge in [-0.15, -0.1) is 0 Å². The number of hydrogen-bond donors (Lipinski definition) is 0. The summed E-state index contributed by atoms with van der Waals surface area (Å²) in [5, 5.41) is 8.44. The Morgan fingerprint density at radius 3 is 2.33 bits per heavy atom. The Bertz CT molecular complexity index is 547. The fourth-order valence-corrected chi connectivity index (χ4v) is 1.55. The first kappa shape index (κ1) is 12.2. The molecule has 0 aliphatic rings. The van der Waals surface area contributed by atoms with Gasteiger partial charge in [0.25, 0.3) is 0 Å². The lowest BCUT2D eigenvalue weighted by atomic mass is 10.2. The SMILES string of the molecule is Cc1cc(N(C)C)ccc1N=Nc1ccncc1. The maximum atomic E-state index is 4.26. The minimum Gasteiger partial charge on any atom is -0.378 e. The summed E-state index contributed by atoms with van der Waals surface area (Å²) in [4.78, 5) is 6.01. The molecule has 1 aromatic carbocycles. The van der Waals surface area contributed by atoms with Crippen molar-refractivity contribution in [1.82, 2.24) is 4.98 Å². The van der Waals surface area contributed by atoms with Crippen LogP contribution < -0.4 is 4.90 Å². The van der Waals surface area contributed by atoms with Crippen LogP contribution in [0.15, 0.2) is 53.0 Å². The number of aromatic nitrogens is 1. The monoisotopic (exact) mass is 240 g/mol. The molecule has 0 saturated heterocycles. The standard InChI is InChI=1S/C14H16N4/c1-11-10-13(18(2)3)4-5-14(11)17-16-12-6-8-15-9-7-12/h4-10H,1-3H3. The molecule has 4 nitrogen and oxygen atoms in total. The van der Waals surface area contributed by atoms with Gasteiger partial charge in [-0.2, -0.15) is 10.2 Å². The van der Waals surface area contributed by atoms with E-state index in [0.29, 0.717) is 0 Å². The summed E-state index contributed by atoms with van der Waals surface area (Å²) in [6.07, 6.45) is 3.41. The Morgan fingerprint density at radius 2 is 1.72 bits per heavy atom. The first-order chi connectivity index (χ1) is 8.66. The Labute approximate surface area is 107 Å². The maximum absolute atomic E-state index is 4.26. The van der Waals surface area contributed by atoms with Gasteiger partial charge in [0.05, 0.1) is 11.4 Å². The molecule has 1 heterocycles. The van der Waals surface area contributed by atoms with E-state index in [1.165, 1.54) is 0 Å². The van der Waals surface area contributed by atoms with E-state index in [9.17, 15) is 0 Å². The van der Waals surface area contributed by atoms with Crippen LogP contribution in [0.1, 0.15) is 5.56 Å². The summed E-state index contributed by atoms with van der Waals surface area (Å²) in [5.74, 6) is 0. The lowest BCUT2D eigenvalue weighted by Gasteiger charge is -2.13. The molecule has 0 bridgehead atoms. The Kier molecular flexibility index (Phi) is 3.67.